The van der Waals surface area contributed by atoms with Gasteiger partial charge in [-0.1, -0.05) is 0 Å². The maximum atomic E-state index is 13.9. The van der Waals surface area contributed by atoms with Gasteiger partial charge in [0.1, 0.15) is 23.5 Å². The van der Waals surface area contributed by atoms with Crippen LogP contribution >= 0.6 is 0 Å². The highest BCUT2D eigenvalue weighted by Crippen LogP contribution is 2.29. The Balaban J connectivity index is 1.54. The minimum absolute atomic E-state index is 0.205. The SMILES string of the molecule is CC(C)n1cnnc1C1CCN(C(=O)c2cc(F)cc3nccnc23)CC1. The molecule has 0 N–H and O–H groups in total. The first-order chi connectivity index (χ1) is 13.0. The highest BCUT2D eigenvalue weighted by Gasteiger charge is 2.29. The van der Waals surface area contributed by atoms with Crippen LogP contribution < -0.4 is 0 Å². The highest BCUT2D eigenvalue weighted by atomic mass is 19.1. The number of aromatic nitrogens is 5. The molecule has 0 atom stereocenters. The van der Waals surface area contributed by atoms with Gasteiger partial charge in [-0.15, -0.1) is 10.2 Å². The number of carbonyl (C=O) groups is 1. The summed E-state index contributed by atoms with van der Waals surface area (Å²) in [6, 6.07) is 2.84. The smallest absolute Gasteiger partial charge is 0.256 e. The zero-order valence-electron chi connectivity index (χ0n) is 15.3. The van der Waals surface area contributed by atoms with Gasteiger partial charge in [-0.3, -0.25) is 14.8 Å². The molecule has 3 heterocycles. The van der Waals surface area contributed by atoms with Gasteiger partial charge < -0.3 is 9.47 Å². The van der Waals surface area contributed by atoms with Gasteiger partial charge in [0, 0.05) is 43.5 Å². The summed E-state index contributed by atoms with van der Waals surface area (Å²) in [5.74, 6) is 0.553. The van der Waals surface area contributed by atoms with E-state index in [-0.39, 0.29) is 17.4 Å². The lowest BCUT2D eigenvalue weighted by atomic mass is 9.95. The average molecular weight is 368 g/mol. The van der Waals surface area contributed by atoms with Crippen LogP contribution in [0.5, 0.6) is 0 Å². The van der Waals surface area contributed by atoms with Gasteiger partial charge >= 0.3 is 0 Å². The Bertz CT molecular complexity index is 977. The molecule has 0 spiro atoms. The fraction of sp³-hybridized carbons (Fsp3) is 0.421. The molecule has 0 radical (unpaired) electrons. The quantitative estimate of drug-likeness (QED) is 0.710. The summed E-state index contributed by atoms with van der Waals surface area (Å²) in [4.78, 5) is 23.1. The third kappa shape index (κ3) is 3.27. The van der Waals surface area contributed by atoms with Crippen molar-refractivity contribution < 1.29 is 9.18 Å². The number of hydrogen-bond donors (Lipinski definition) is 0. The van der Waals surface area contributed by atoms with E-state index < -0.39 is 5.82 Å². The maximum absolute atomic E-state index is 13.9. The first kappa shape index (κ1) is 17.5. The highest BCUT2D eigenvalue weighted by molar-refractivity contribution is 6.04. The second-order valence-corrected chi connectivity index (χ2v) is 7.13. The molecule has 1 aliphatic heterocycles. The molecular weight excluding hydrogens is 347 g/mol. The number of rotatable bonds is 3. The molecule has 1 amide bonds. The second-order valence-electron chi connectivity index (χ2n) is 7.13. The molecule has 0 saturated carbocycles. The molecule has 4 rings (SSSR count). The zero-order chi connectivity index (χ0) is 19.0. The number of nitrogens with zero attached hydrogens (tertiary/aromatic N) is 6. The van der Waals surface area contributed by atoms with Crippen molar-refractivity contribution in [3.8, 4) is 0 Å². The van der Waals surface area contributed by atoms with Crippen LogP contribution in [-0.2, 0) is 0 Å². The number of benzene rings is 1. The molecule has 140 valence electrons. The van der Waals surface area contributed by atoms with E-state index in [2.05, 4.69) is 38.6 Å². The Kier molecular flexibility index (Phi) is 4.55. The van der Waals surface area contributed by atoms with Gasteiger partial charge in [0.25, 0.3) is 5.91 Å². The van der Waals surface area contributed by atoms with Gasteiger partial charge in [-0.25, -0.2) is 4.39 Å². The lowest BCUT2D eigenvalue weighted by Gasteiger charge is -2.32. The van der Waals surface area contributed by atoms with E-state index in [9.17, 15) is 9.18 Å². The number of halogens is 1. The Hall–Kier alpha value is -2.90. The van der Waals surface area contributed by atoms with Crippen molar-refractivity contribution >= 4 is 16.9 Å². The molecule has 27 heavy (non-hydrogen) atoms. The summed E-state index contributed by atoms with van der Waals surface area (Å²) in [7, 11) is 0. The van der Waals surface area contributed by atoms with Crippen molar-refractivity contribution in [2.45, 2.75) is 38.6 Å². The first-order valence-corrected chi connectivity index (χ1v) is 9.13. The second kappa shape index (κ2) is 7.02. The van der Waals surface area contributed by atoms with E-state index in [4.69, 9.17) is 0 Å². The Morgan fingerprint density at radius 2 is 1.93 bits per heavy atom. The third-order valence-electron chi connectivity index (χ3n) is 5.07. The molecule has 0 bridgehead atoms. The Labute approximate surface area is 156 Å². The summed E-state index contributed by atoms with van der Waals surface area (Å²) in [5, 5.41) is 8.32. The molecule has 2 aromatic heterocycles. The van der Waals surface area contributed by atoms with Crippen molar-refractivity contribution in [2.75, 3.05) is 13.1 Å². The summed E-state index contributed by atoms with van der Waals surface area (Å²) < 4.78 is 16.0. The molecule has 3 aromatic rings. The van der Waals surface area contributed by atoms with E-state index in [0.717, 1.165) is 18.7 Å². The van der Waals surface area contributed by atoms with Crippen LogP contribution in [0.15, 0.2) is 30.9 Å². The van der Waals surface area contributed by atoms with Gasteiger partial charge in [-0.2, -0.15) is 0 Å². The lowest BCUT2D eigenvalue weighted by Crippen LogP contribution is -2.38. The van der Waals surface area contributed by atoms with Crippen LogP contribution in [0.4, 0.5) is 4.39 Å². The van der Waals surface area contributed by atoms with Crippen LogP contribution in [-0.4, -0.2) is 48.6 Å². The summed E-state index contributed by atoms with van der Waals surface area (Å²) in [6.45, 7) is 5.38. The van der Waals surface area contributed by atoms with Gasteiger partial charge in [0.2, 0.25) is 0 Å². The van der Waals surface area contributed by atoms with Crippen molar-refractivity contribution in [3.63, 3.8) is 0 Å². The van der Waals surface area contributed by atoms with Crippen LogP contribution in [0.3, 0.4) is 0 Å². The van der Waals surface area contributed by atoms with Gasteiger partial charge in [0.15, 0.2) is 0 Å². The third-order valence-corrected chi connectivity index (χ3v) is 5.07. The molecule has 1 saturated heterocycles. The summed E-state index contributed by atoms with van der Waals surface area (Å²) >= 11 is 0. The summed E-state index contributed by atoms with van der Waals surface area (Å²) in [6.07, 6.45) is 6.37. The maximum Gasteiger partial charge on any atom is 0.256 e. The van der Waals surface area contributed by atoms with Gasteiger partial charge in [-0.05, 0) is 32.8 Å². The molecule has 1 aromatic carbocycles. The predicted octanol–water partition coefficient (Wildman–Crippen LogP) is 2.96. The van der Waals surface area contributed by atoms with Crippen LogP contribution in [0.25, 0.3) is 11.0 Å². The average Bonchev–Trinajstić information content (AvgIpc) is 3.17. The number of carbonyl (C=O) groups excluding carboxylic acids is 1. The minimum atomic E-state index is -0.480. The van der Waals surface area contributed by atoms with E-state index >= 15 is 0 Å². The number of fused-ring (bicyclic) bond motifs is 1. The van der Waals surface area contributed by atoms with E-state index in [1.165, 1.54) is 24.5 Å². The van der Waals surface area contributed by atoms with Gasteiger partial charge in [0.05, 0.1) is 11.1 Å². The number of amides is 1. The fourth-order valence-electron chi connectivity index (χ4n) is 3.66. The first-order valence-electron chi connectivity index (χ1n) is 9.13. The standard InChI is InChI=1S/C19H21FN6O/c1-12(2)26-11-23-24-18(26)13-3-7-25(8-4-13)19(27)15-9-14(20)10-16-17(15)22-6-5-21-16/h5-6,9-13H,3-4,7-8H2,1-2H3. The molecule has 7 nitrogen and oxygen atoms in total. The normalized spacial score (nSPS) is 15.6. The van der Waals surface area contributed by atoms with E-state index in [1.807, 2.05) is 0 Å². The molecule has 8 heteroatoms. The molecule has 0 unspecified atom stereocenters. The van der Waals surface area contributed by atoms with Crippen LogP contribution in [0.2, 0.25) is 0 Å². The molecule has 1 aliphatic rings. The van der Waals surface area contributed by atoms with E-state index in [1.54, 1.807) is 11.2 Å². The largest absolute Gasteiger partial charge is 0.339 e. The van der Waals surface area contributed by atoms with Crippen LogP contribution in [0.1, 0.15) is 54.8 Å². The number of hydrogen-bond acceptors (Lipinski definition) is 5. The monoisotopic (exact) mass is 368 g/mol. The number of piperidine rings is 1. The Morgan fingerprint density at radius 1 is 1.19 bits per heavy atom. The number of likely N-dealkylation sites (tertiary alicyclic amines) is 1. The minimum Gasteiger partial charge on any atom is -0.339 e. The van der Waals surface area contributed by atoms with Crippen molar-refractivity contribution in [1.82, 2.24) is 29.6 Å². The van der Waals surface area contributed by atoms with Crippen LogP contribution in [0, 0.1) is 5.82 Å². The lowest BCUT2D eigenvalue weighted by molar-refractivity contribution is 0.0711. The fourth-order valence-corrected chi connectivity index (χ4v) is 3.66. The topological polar surface area (TPSA) is 76.8 Å². The van der Waals surface area contributed by atoms with E-state index in [0.29, 0.717) is 30.2 Å². The molecular formula is C19H21FN6O. The van der Waals surface area contributed by atoms with Crippen molar-refractivity contribution in [3.05, 3.63) is 48.1 Å². The van der Waals surface area contributed by atoms with Crippen molar-refractivity contribution in [1.29, 1.82) is 0 Å². The predicted molar refractivity (Wildman–Crippen MR) is 97.8 cm³/mol. The van der Waals surface area contributed by atoms with Crippen molar-refractivity contribution in [2.24, 2.45) is 0 Å². The summed E-state index contributed by atoms with van der Waals surface area (Å²) in [5.41, 5.74) is 1.09. The Morgan fingerprint density at radius 3 is 2.67 bits per heavy atom. The zero-order valence-corrected chi connectivity index (χ0v) is 15.3. The molecule has 1 fully saturated rings. The molecule has 0 aliphatic carbocycles.